The van der Waals surface area contributed by atoms with Crippen molar-refractivity contribution in [2.45, 2.75) is 110 Å². The third-order valence-corrected chi connectivity index (χ3v) is 5.88. The van der Waals surface area contributed by atoms with Crippen molar-refractivity contribution in [2.24, 2.45) is 0 Å². The van der Waals surface area contributed by atoms with Gasteiger partial charge < -0.3 is 5.11 Å². The lowest BCUT2D eigenvalue weighted by molar-refractivity contribution is -0.137. The van der Waals surface area contributed by atoms with Crippen molar-refractivity contribution in [3.05, 3.63) is 60.7 Å². The summed E-state index contributed by atoms with van der Waals surface area (Å²) in [7, 11) is 0. The van der Waals surface area contributed by atoms with Gasteiger partial charge in [-0.25, -0.2) is 0 Å². The Hall–Kier alpha value is -2.09. The summed E-state index contributed by atoms with van der Waals surface area (Å²) in [5.74, 6) is -0.653. The van der Waals surface area contributed by atoms with Gasteiger partial charge in [-0.2, -0.15) is 0 Å². The Morgan fingerprint density at radius 1 is 0.531 bits per heavy atom. The fraction of sp³-hybridized carbons (Fsp3) is 0.567. The maximum Gasteiger partial charge on any atom is 0.303 e. The molecule has 2 nitrogen and oxygen atoms in total. The van der Waals surface area contributed by atoms with Gasteiger partial charge in [-0.1, -0.05) is 157 Å². The molecule has 178 valence electrons. The van der Waals surface area contributed by atoms with Crippen LogP contribution < -0.4 is 0 Å². The maximum atomic E-state index is 10.3. The van der Waals surface area contributed by atoms with Crippen LogP contribution in [0.25, 0.3) is 11.1 Å². The first-order valence-electron chi connectivity index (χ1n) is 13.1. The molecule has 0 spiro atoms. The molecule has 32 heavy (non-hydrogen) atoms. The summed E-state index contributed by atoms with van der Waals surface area (Å²) in [5, 5.41) is 8.52. The summed E-state index contributed by atoms with van der Waals surface area (Å²) >= 11 is 0. The average Bonchev–Trinajstić information content (AvgIpc) is 2.83. The standard InChI is InChI=1S/C18H36O2.C12H10/c1-2-3-4-5-6-7-8-9-10-11-12-13-14-15-16-17-18(19)20;1-3-7-11(8-4-1)12-9-5-2-6-10-12/h2-17H2,1H3,(H,19,20);1-10H. The molecule has 2 aromatic rings. The van der Waals surface area contributed by atoms with E-state index in [0.717, 1.165) is 12.8 Å². The van der Waals surface area contributed by atoms with Gasteiger partial charge >= 0.3 is 5.97 Å². The Balaban J connectivity index is 0.000000357. The second-order valence-corrected chi connectivity index (χ2v) is 8.83. The van der Waals surface area contributed by atoms with Crippen LogP contribution in [0.4, 0.5) is 0 Å². The predicted octanol–water partition coefficient (Wildman–Crippen LogP) is 9.69. The molecule has 2 heteroatoms. The van der Waals surface area contributed by atoms with Crippen LogP contribution in [0.2, 0.25) is 0 Å². The Kier molecular flexibility index (Phi) is 18.2. The lowest BCUT2D eigenvalue weighted by Crippen LogP contribution is -1.93. The summed E-state index contributed by atoms with van der Waals surface area (Å²) in [4.78, 5) is 10.3. The van der Waals surface area contributed by atoms with Crippen molar-refractivity contribution in [3.8, 4) is 11.1 Å². The molecule has 0 saturated carbocycles. The van der Waals surface area contributed by atoms with Gasteiger partial charge in [-0.05, 0) is 17.5 Å². The summed E-state index contributed by atoms with van der Waals surface area (Å²) in [6, 6.07) is 20.8. The third-order valence-electron chi connectivity index (χ3n) is 5.88. The van der Waals surface area contributed by atoms with Crippen molar-refractivity contribution in [2.75, 3.05) is 0 Å². The van der Waals surface area contributed by atoms with E-state index >= 15 is 0 Å². The van der Waals surface area contributed by atoms with E-state index in [1.165, 1.54) is 94.6 Å². The highest BCUT2D eigenvalue weighted by Crippen LogP contribution is 2.17. The number of carboxylic acids is 1. The van der Waals surface area contributed by atoms with Crippen LogP contribution in [0.1, 0.15) is 110 Å². The van der Waals surface area contributed by atoms with E-state index in [1.807, 2.05) is 12.1 Å². The second-order valence-electron chi connectivity index (χ2n) is 8.83. The lowest BCUT2D eigenvalue weighted by atomic mass is 10.0. The van der Waals surface area contributed by atoms with Crippen LogP contribution in [0.5, 0.6) is 0 Å². The quantitative estimate of drug-likeness (QED) is 0.249. The smallest absolute Gasteiger partial charge is 0.303 e. The zero-order chi connectivity index (χ0) is 23.1. The molecule has 2 rings (SSSR count). The predicted molar refractivity (Wildman–Crippen MR) is 139 cm³/mol. The summed E-state index contributed by atoms with van der Waals surface area (Å²) < 4.78 is 0. The van der Waals surface area contributed by atoms with Gasteiger partial charge in [-0.15, -0.1) is 0 Å². The molecule has 0 aliphatic heterocycles. The zero-order valence-electron chi connectivity index (χ0n) is 20.4. The molecule has 0 aliphatic carbocycles. The van der Waals surface area contributed by atoms with Gasteiger partial charge in [0.15, 0.2) is 0 Å². The summed E-state index contributed by atoms with van der Waals surface area (Å²) in [6.07, 6.45) is 20.2. The van der Waals surface area contributed by atoms with Crippen LogP contribution >= 0.6 is 0 Å². The topological polar surface area (TPSA) is 37.3 Å². The van der Waals surface area contributed by atoms with Gasteiger partial charge in [0.1, 0.15) is 0 Å². The van der Waals surface area contributed by atoms with Crippen molar-refractivity contribution in [3.63, 3.8) is 0 Å². The number of aliphatic carboxylic acids is 1. The van der Waals surface area contributed by atoms with Gasteiger partial charge in [0.2, 0.25) is 0 Å². The molecule has 0 aromatic heterocycles. The molecular formula is C30H46O2. The number of carbonyl (C=O) groups is 1. The van der Waals surface area contributed by atoms with E-state index in [1.54, 1.807) is 0 Å². The van der Waals surface area contributed by atoms with Crippen LogP contribution in [-0.4, -0.2) is 11.1 Å². The van der Waals surface area contributed by atoms with Crippen LogP contribution in [-0.2, 0) is 4.79 Å². The zero-order valence-corrected chi connectivity index (χ0v) is 20.4. The fourth-order valence-corrected chi connectivity index (χ4v) is 3.91. The Bertz CT molecular complexity index is 614. The molecule has 0 heterocycles. The SMILES string of the molecule is CCCCCCCCCCCCCCCCCC(=O)O.c1ccc(-c2ccccc2)cc1. The highest BCUT2D eigenvalue weighted by atomic mass is 16.4. The molecule has 0 fully saturated rings. The van der Waals surface area contributed by atoms with E-state index in [4.69, 9.17) is 5.11 Å². The highest BCUT2D eigenvalue weighted by molar-refractivity contribution is 5.66. The Labute approximate surface area is 197 Å². The monoisotopic (exact) mass is 438 g/mol. The number of benzene rings is 2. The fourth-order valence-electron chi connectivity index (χ4n) is 3.91. The first-order valence-corrected chi connectivity index (χ1v) is 13.1. The Morgan fingerprint density at radius 3 is 1.16 bits per heavy atom. The normalized spacial score (nSPS) is 10.4. The van der Waals surface area contributed by atoms with Crippen LogP contribution in [0.3, 0.4) is 0 Å². The van der Waals surface area contributed by atoms with Crippen molar-refractivity contribution < 1.29 is 9.90 Å². The molecule has 0 unspecified atom stereocenters. The molecule has 1 N–H and O–H groups in total. The van der Waals surface area contributed by atoms with Gasteiger partial charge in [0.05, 0.1) is 0 Å². The lowest BCUT2D eigenvalue weighted by Gasteiger charge is -2.03. The third kappa shape index (κ3) is 16.6. The Morgan fingerprint density at radius 2 is 0.844 bits per heavy atom. The minimum absolute atomic E-state index is 0.345. The molecular weight excluding hydrogens is 392 g/mol. The first kappa shape index (κ1) is 27.9. The number of hydrogen-bond acceptors (Lipinski definition) is 1. The number of rotatable bonds is 17. The summed E-state index contributed by atoms with van der Waals surface area (Å²) in [6.45, 7) is 2.27. The van der Waals surface area contributed by atoms with Crippen LogP contribution in [0.15, 0.2) is 60.7 Å². The van der Waals surface area contributed by atoms with E-state index in [0.29, 0.717) is 6.42 Å². The van der Waals surface area contributed by atoms with Crippen molar-refractivity contribution in [1.82, 2.24) is 0 Å². The second kappa shape index (κ2) is 20.8. The molecule has 0 aliphatic rings. The highest BCUT2D eigenvalue weighted by Gasteiger charge is 1.97. The number of carboxylic acid groups (broad SMARTS) is 1. The largest absolute Gasteiger partial charge is 0.481 e. The van der Waals surface area contributed by atoms with E-state index in [9.17, 15) is 4.79 Å². The minimum Gasteiger partial charge on any atom is -0.481 e. The average molecular weight is 439 g/mol. The van der Waals surface area contributed by atoms with Crippen molar-refractivity contribution in [1.29, 1.82) is 0 Å². The van der Waals surface area contributed by atoms with E-state index in [-0.39, 0.29) is 0 Å². The summed E-state index contributed by atoms with van der Waals surface area (Å²) in [5.41, 5.74) is 2.55. The molecule has 0 amide bonds. The number of unbranched alkanes of at least 4 members (excludes halogenated alkanes) is 14. The molecule has 0 radical (unpaired) electrons. The van der Waals surface area contributed by atoms with Crippen molar-refractivity contribution >= 4 is 5.97 Å². The number of hydrogen-bond donors (Lipinski definition) is 1. The van der Waals surface area contributed by atoms with Gasteiger partial charge in [0.25, 0.3) is 0 Å². The van der Waals surface area contributed by atoms with Crippen LogP contribution in [0, 0.1) is 0 Å². The molecule has 0 bridgehead atoms. The van der Waals surface area contributed by atoms with Gasteiger partial charge in [-0.3, -0.25) is 4.79 Å². The van der Waals surface area contributed by atoms with E-state index < -0.39 is 5.97 Å². The molecule has 0 saturated heterocycles. The van der Waals surface area contributed by atoms with Gasteiger partial charge in [0, 0.05) is 6.42 Å². The minimum atomic E-state index is -0.653. The van der Waals surface area contributed by atoms with E-state index in [2.05, 4.69) is 55.5 Å². The molecule has 2 aromatic carbocycles. The first-order chi connectivity index (χ1) is 15.7. The molecule has 0 atom stereocenters. The maximum absolute atomic E-state index is 10.3.